The van der Waals surface area contributed by atoms with Crippen LogP contribution in [-0.4, -0.2) is 18.9 Å². The molecule has 1 aromatic carbocycles. The summed E-state index contributed by atoms with van der Waals surface area (Å²) in [6, 6.07) is 5.56. The van der Waals surface area contributed by atoms with Gasteiger partial charge in [0, 0.05) is 5.92 Å². The fraction of sp³-hybridized carbons (Fsp3) is 0.467. The van der Waals surface area contributed by atoms with Gasteiger partial charge in [0.15, 0.2) is 11.5 Å². The summed E-state index contributed by atoms with van der Waals surface area (Å²) in [7, 11) is 0. The molecule has 1 aliphatic carbocycles. The molecule has 2 aliphatic rings. The quantitative estimate of drug-likeness (QED) is 0.680. The molecule has 1 aromatic rings. The predicted octanol–water partition coefficient (Wildman–Crippen LogP) is 2.45. The zero-order chi connectivity index (χ0) is 13.8. The maximum absolute atomic E-state index is 11.9. The molecule has 0 saturated heterocycles. The van der Waals surface area contributed by atoms with Crippen molar-refractivity contribution >= 4 is 12.1 Å². The summed E-state index contributed by atoms with van der Waals surface area (Å²) in [5.41, 5.74) is 3.50. The van der Waals surface area contributed by atoms with Crippen LogP contribution in [0.2, 0.25) is 0 Å². The molecular weight excluding hydrogens is 256 g/mol. The van der Waals surface area contributed by atoms with E-state index >= 15 is 0 Å². The number of nitrogens with one attached hydrogen (secondary N) is 1. The third-order valence-electron chi connectivity index (χ3n) is 3.76. The molecule has 5 heteroatoms. The van der Waals surface area contributed by atoms with E-state index < -0.39 is 0 Å². The van der Waals surface area contributed by atoms with Crippen LogP contribution in [-0.2, 0) is 4.79 Å². The van der Waals surface area contributed by atoms with E-state index in [1.165, 1.54) is 6.42 Å². The zero-order valence-electron chi connectivity index (χ0n) is 11.3. The average Bonchev–Trinajstić information content (AvgIpc) is 2.95. The van der Waals surface area contributed by atoms with Gasteiger partial charge in [-0.1, -0.05) is 19.3 Å². The molecule has 106 valence electrons. The number of benzene rings is 1. The highest BCUT2D eigenvalue weighted by Gasteiger charge is 2.20. The number of amides is 1. The lowest BCUT2D eigenvalue weighted by atomic mass is 9.89. The van der Waals surface area contributed by atoms with E-state index in [1.807, 2.05) is 18.2 Å². The second-order valence-electron chi connectivity index (χ2n) is 5.18. The van der Waals surface area contributed by atoms with E-state index in [9.17, 15) is 4.79 Å². The molecule has 0 bridgehead atoms. The summed E-state index contributed by atoms with van der Waals surface area (Å²) in [5, 5.41) is 4.02. The Kier molecular flexibility index (Phi) is 3.85. The Morgan fingerprint density at radius 3 is 2.85 bits per heavy atom. The van der Waals surface area contributed by atoms with E-state index in [1.54, 1.807) is 6.21 Å². The third kappa shape index (κ3) is 2.92. The van der Waals surface area contributed by atoms with Crippen LogP contribution in [0.25, 0.3) is 0 Å². The smallest absolute Gasteiger partial charge is 0.243 e. The fourth-order valence-corrected chi connectivity index (χ4v) is 2.62. The van der Waals surface area contributed by atoms with Crippen molar-refractivity contribution < 1.29 is 14.3 Å². The number of carbonyl (C=O) groups excluding carboxylic acids is 1. The Balaban J connectivity index is 1.56. The van der Waals surface area contributed by atoms with Crippen molar-refractivity contribution in [3.63, 3.8) is 0 Å². The summed E-state index contributed by atoms with van der Waals surface area (Å²) in [6.07, 6.45) is 7.11. The van der Waals surface area contributed by atoms with Crippen molar-refractivity contribution in [1.29, 1.82) is 0 Å². The SMILES string of the molecule is O=C(N/N=C\c1ccc2c(c1)OCO2)C1CCCCC1. The van der Waals surface area contributed by atoms with Crippen LogP contribution in [0, 0.1) is 5.92 Å². The van der Waals surface area contributed by atoms with Gasteiger partial charge in [0.05, 0.1) is 6.21 Å². The van der Waals surface area contributed by atoms with Gasteiger partial charge in [0.1, 0.15) is 0 Å². The molecule has 0 aromatic heterocycles. The Morgan fingerprint density at radius 2 is 2.00 bits per heavy atom. The van der Waals surface area contributed by atoms with E-state index in [-0.39, 0.29) is 18.6 Å². The molecule has 5 nitrogen and oxygen atoms in total. The van der Waals surface area contributed by atoms with Crippen molar-refractivity contribution in [2.45, 2.75) is 32.1 Å². The summed E-state index contributed by atoms with van der Waals surface area (Å²) < 4.78 is 10.5. The highest BCUT2D eigenvalue weighted by Crippen LogP contribution is 2.32. The topological polar surface area (TPSA) is 59.9 Å². The lowest BCUT2D eigenvalue weighted by molar-refractivity contribution is -0.125. The van der Waals surface area contributed by atoms with E-state index in [2.05, 4.69) is 10.5 Å². The maximum atomic E-state index is 11.9. The number of hydrogen-bond donors (Lipinski definition) is 1. The van der Waals surface area contributed by atoms with Gasteiger partial charge in [-0.05, 0) is 36.6 Å². The lowest BCUT2D eigenvalue weighted by Crippen LogP contribution is -2.28. The number of carbonyl (C=O) groups is 1. The molecular formula is C15H18N2O3. The van der Waals surface area contributed by atoms with Gasteiger partial charge < -0.3 is 9.47 Å². The van der Waals surface area contributed by atoms with Gasteiger partial charge >= 0.3 is 0 Å². The largest absolute Gasteiger partial charge is 0.454 e. The number of hydrogen-bond acceptors (Lipinski definition) is 4. The Hall–Kier alpha value is -2.04. The molecule has 0 atom stereocenters. The van der Waals surface area contributed by atoms with E-state index in [0.29, 0.717) is 5.75 Å². The lowest BCUT2D eigenvalue weighted by Gasteiger charge is -2.19. The molecule has 0 spiro atoms. The second-order valence-corrected chi connectivity index (χ2v) is 5.18. The van der Waals surface area contributed by atoms with Crippen molar-refractivity contribution in [2.75, 3.05) is 6.79 Å². The number of rotatable bonds is 3. The number of nitrogens with zero attached hydrogens (tertiary/aromatic N) is 1. The highest BCUT2D eigenvalue weighted by atomic mass is 16.7. The summed E-state index contributed by atoms with van der Waals surface area (Å²) >= 11 is 0. The molecule has 0 unspecified atom stereocenters. The van der Waals surface area contributed by atoms with Gasteiger partial charge in [0.25, 0.3) is 0 Å². The van der Waals surface area contributed by atoms with Crippen molar-refractivity contribution in [2.24, 2.45) is 11.0 Å². The van der Waals surface area contributed by atoms with Crippen molar-refractivity contribution in [3.8, 4) is 11.5 Å². The first-order valence-electron chi connectivity index (χ1n) is 7.05. The summed E-state index contributed by atoms with van der Waals surface area (Å²) in [6.45, 7) is 0.258. The molecule has 20 heavy (non-hydrogen) atoms. The Morgan fingerprint density at radius 1 is 1.20 bits per heavy atom. The van der Waals surface area contributed by atoms with Crippen LogP contribution in [0.1, 0.15) is 37.7 Å². The Bertz CT molecular complexity index is 522. The van der Waals surface area contributed by atoms with E-state index in [4.69, 9.17) is 9.47 Å². The van der Waals surface area contributed by atoms with Gasteiger partial charge in [-0.3, -0.25) is 4.79 Å². The van der Waals surface area contributed by atoms with Crippen LogP contribution in [0.3, 0.4) is 0 Å². The molecule has 1 aliphatic heterocycles. The van der Waals surface area contributed by atoms with Crippen LogP contribution in [0.4, 0.5) is 0 Å². The second kappa shape index (κ2) is 5.94. The van der Waals surface area contributed by atoms with Gasteiger partial charge in [0.2, 0.25) is 12.7 Å². The van der Waals surface area contributed by atoms with E-state index in [0.717, 1.165) is 37.0 Å². The Labute approximate surface area is 118 Å². The molecule has 1 N–H and O–H groups in total. The van der Waals surface area contributed by atoms with Gasteiger partial charge in [-0.15, -0.1) is 0 Å². The first-order chi connectivity index (χ1) is 9.83. The molecule has 1 heterocycles. The summed E-state index contributed by atoms with van der Waals surface area (Å²) in [4.78, 5) is 11.9. The monoisotopic (exact) mass is 274 g/mol. The highest BCUT2D eigenvalue weighted by molar-refractivity contribution is 5.84. The zero-order valence-corrected chi connectivity index (χ0v) is 11.3. The predicted molar refractivity (Wildman–Crippen MR) is 74.9 cm³/mol. The van der Waals surface area contributed by atoms with Crippen LogP contribution >= 0.6 is 0 Å². The van der Waals surface area contributed by atoms with Crippen LogP contribution in [0.5, 0.6) is 11.5 Å². The van der Waals surface area contributed by atoms with Crippen LogP contribution < -0.4 is 14.9 Å². The molecule has 0 radical (unpaired) electrons. The first-order valence-corrected chi connectivity index (χ1v) is 7.05. The standard InChI is InChI=1S/C15H18N2O3/c18-15(12-4-2-1-3-5-12)17-16-9-11-6-7-13-14(8-11)20-10-19-13/h6-9,12H,1-5,10H2,(H,17,18)/b16-9-. The molecule has 3 rings (SSSR count). The molecule has 1 amide bonds. The van der Waals surface area contributed by atoms with Gasteiger partial charge in [-0.25, -0.2) is 5.43 Å². The number of hydrazone groups is 1. The first kappa shape index (κ1) is 13.0. The molecule has 1 saturated carbocycles. The minimum absolute atomic E-state index is 0.0293. The van der Waals surface area contributed by atoms with Gasteiger partial charge in [-0.2, -0.15) is 5.10 Å². The van der Waals surface area contributed by atoms with Crippen LogP contribution in [0.15, 0.2) is 23.3 Å². The van der Waals surface area contributed by atoms with Crippen molar-refractivity contribution in [3.05, 3.63) is 23.8 Å². The minimum Gasteiger partial charge on any atom is -0.454 e. The molecule has 1 fully saturated rings. The summed E-state index contributed by atoms with van der Waals surface area (Å²) in [5.74, 6) is 1.61. The third-order valence-corrected chi connectivity index (χ3v) is 3.76. The average molecular weight is 274 g/mol. The number of fused-ring (bicyclic) bond motifs is 1. The minimum atomic E-state index is 0.0293. The normalized spacial score (nSPS) is 18.4. The fourth-order valence-electron chi connectivity index (χ4n) is 2.62. The van der Waals surface area contributed by atoms with Crippen molar-refractivity contribution in [1.82, 2.24) is 5.43 Å². The maximum Gasteiger partial charge on any atom is 0.243 e. The number of ether oxygens (including phenoxy) is 2.